The average Bonchev–Trinajstić information content (AvgIpc) is 2.74. The number of carbonyl (C=O) groups is 1. The van der Waals surface area contributed by atoms with Gasteiger partial charge in [-0.1, -0.05) is 30.3 Å². The second-order valence-electron chi connectivity index (χ2n) is 4.46. The van der Waals surface area contributed by atoms with Crippen molar-refractivity contribution in [3.8, 4) is 0 Å². The monoisotopic (exact) mass is 234 g/mol. The molecule has 92 valence electrons. The van der Waals surface area contributed by atoms with Crippen molar-refractivity contribution in [1.29, 1.82) is 0 Å². The zero-order chi connectivity index (χ0) is 12.1. The fourth-order valence-electron chi connectivity index (χ4n) is 2.38. The second-order valence-corrected chi connectivity index (χ2v) is 4.46. The molecule has 1 aliphatic rings. The summed E-state index contributed by atoms with van der Waals surface area (Å²) >= 11 is 0. The quantitative estimate of drug-likeness (QED) is 0.746. The van der Waals surface area contributed by atoms with E-state index in [-0.39, 0.29) is 12.1 Å². The third-order valence-corrected chi connectivity index (χ3v) is 3.24. The Morgan fingerprint density at radius 3 is 2.65 bits per heavy atom. The van der Waals surface area contributed by atoms with Gasteiger partial charge in [0, 0.05) is 18.6 Å². The Kier molecular flexibility index (Phi) is 3.98. The van der Waals surface area contributed by atoms with Crippen molar-refractivity contribution in [2.24, 2.45) is 0 Å². The van der Waals surface area contributed by atoms with Crippen LogP contribution in [-0.2, 0) is 6.54 Å². The molecule has 17 heavy (non-hydrogen) atoms. The molecule has 4 heteroatoms. The van der Waals surface area contributed by atoms with Crippen molar-refractivity contribution in [3.63, 3.8) is 0 Å². The molecule has 3 N–H and O–H groups in total. The topological polar surface area (TPSA) is 61.4 Å². The summed E-state index contributed by atoms with van der Waals surface area (Å²) in [5.74, 6) is 0. The van der Waals surface area contributed by atoms with Crippen molar-refractivity contribution in [3.05, 3.63) is 35.9 Å². The van der Waals surface area contributed by atoms with Gasteiger partial charge in [-0.05, 0) is 24.8 Å². The lowest BCUT2D eigenvalue weighted by molar-refractivity contribution is 0.187. The predicted molar refractivity (Wildman–Crippen MR) is 65.9 cm³/mol. The fourth-order valence-corrected chi connectivity index (χ4v) is 2.38. The maximum atomic E-state index is 10.6. The molecule has 0 radical (unpaired) electrons. The van der Waals surface area contributed by atoms with Gasteiger partial charge < -0.3 is 15.7 Å². The average molecular weight is 234 g/mol. The molecule has 4 nitrogen and oxygen atoms in total. The lowest BCUT2D eigenvalue weighted by Gasteiger charge is -2.20. The summed E-state index contributed by atoms with van der Waals surface area (Å²) < 4.78 is 0. The Morgan fingerprint density at radius 2 is 1.94 bits per heavy atom. The number of hydrogen-bond donors (Lipinski definition) is 3. The lowest BCUT2D eigenvalue weighted by atomic mass is 10.1. The van der Waals surface area contributed by atoms with Gasteiger partial charge in [-0.3, -0.25) is 0 Å². The van der Waals surface area contributed by atoms with Crippen molar-refractivity contribution in [2.45, 2.75) is 37.9 Å². The molecule has 0 aromatic heterocycles. The molecule has 1 aromatic rings. The molecular formula is C13H18N2O2. The van der Waals surface area contributed by atoms with Crippen molar-refractivity contribution in [2.75, 3.05) is 0 Å². The second kappa shape index (κ2) is 5.68. The predicted octanol–water partition coefficient (Wildman–Crippen LogP) is 1.96. The van der Waals surface area contributed by atoms with Gasteiger partial charge in [0.15, 0.2) is 0 Å². The number of carboxylic acid groups (broad SMARTS) is 1. The molecule has 0 bridgehead atoms. The number of benzene rings is 1. The van der Waals surface area contributed by atoms with E-state index in [2.05, 4.69) is 22.8 Å². The number of nitrogens with one attached hydrogen (secondary N) is 2. The summed E-state index contributed by atoms with van der Waals surface area (Å²) in [5.41, 5.74) is 1.23. The Bertz CT molecular complexity index is 367. The van der Waals surface area contributed by atoms with Crippen LogP contribution in [0.5, 0.6) is 0 Å². The first kappa shape index (κ1) is 11.9. The Balaban J connectivity index is 1.84. The van der Waals surface area contributed by atoms with E-state index in [0.29, 0.717) is 0 Å². The molecule has 1 amide bonds. The molecule has 0 saturated heterocycles. The van der Waals surface area contributed by atoms with Gasteiger partial charge in [-0.15, -0.1) is 0 Å². The first-order chi connectivity index (χ1) is 8.25. The van der Waals surface area contributed by atoms with E-state index in [9.17, 15) is 4.79 Å². The van der Waals surface area contributed by atoms with Crippen LogP contribution in [0.3, 0.4) is 0 Å². The molecule has 2 rings (SSSR count). The first-order valence-electron chi connectivity index (χ1n) is 6.02. The molecule has 1 aliphatic carbocycles. The van der Waals surface area contributed by atoms with Crippen LogP contribution in [0.1, 0.15) is 24.8 Å². The van der Waals surface area contributed by atoms with Gasteiger partial charge in [-0.2, -0.15) is 0 Å². The van der Waals surface area contributed by atoms with Crippen LogP contribution in [0.25, 0.3) is 0 Å². The Hall–Kier alpha value is -1.55. The summed E-state index contributed by atoms with van der Waals surface area (Å²) in [6, 6.07) is 10.5. The largest absolute Gasteiger partial charge is 0.465 e. The molecule has 0 heterocycles. The molecule has 0 aliphatic heterocycles. The number of rotatable bonds is 4. The van der Waals surface area contributed by atoms with E-state index in [0.717, 1.165) is 25.8 Å². The molecule has 1 fully saturated rings. The zero-order valence-electron chi connectivity index (χ0n) is 9.73. The van der Waals surface area contributed by atoms with Crippen LogP contribution in [0.4, 0.5) is 4.79 Å². The maximum absolute atomic E-state index is 10.6. The van der Waals surface area contributed by atoms with Gasteiger partial charge in [0.05, 0.1) is 0 Å². The minimum atomic E-state index is -0.927. The van der Waals surface area contributed by atoms with Crippen LogP contribution in [0.15, 0.2) is 30.3 Å². The SMILES string of the molecule is O=C(O)N[C@@H]1CCC[C@H]1NCc1ccccc1. The maximum Gasteiger partial charge on any atom is 0.404 e. The summed E-state index contributed by atoms with van der Waals surface area (Å²) in [7, 11) is 0. The van der Waals surface area contributed by atoms with Gasteiger partial charge in [0.25, 0.3) is 0 Å². The smallest absolute Gasteiger partial charge is 0.404 e. The lowest BCUT2D eigenvalue weighted by Crippen LogP contribution is -2.45. The zero-order valence-corrected chi connectivity index (χ0v) is 9.73. The summed E-state index contributed by atoms with van der Waals surface area (Å²) in [5, 5.41) is 14.7. The van der Waals surface area contributed by atoms with E-state index < -0.39 is 6.09 Å². The van der Waals surface area contributed by atoms with Crippen molar-refractivity contribution >= 4 is 6.09 Å². The molecule has 1 aromatic carbocycles. The molecule has 1 saturated carbocycles. The van der Waals surface area contributed by atoms with E-state index >= 15 is 0 Å². The van der Waals surface area contributed by atoms with Crippen LogP contribution < -0.4 is 10.6 Å². The summed E-state index contributed by atoms with van der Waals surface area (Å²) in [4.78, 5) is 10.6. The minimum Gasteiger partial charge on any atom is -0.465 e. The van der Waals surface area contributed by atoms with Crippen LogP contribution >= 0.6 is 0 Å². The van der Waals surface area contributed by atoms with Crippen LogP contribution in [-0.4, -0.2) is 23.3 Å². The molecule has 0 spiro atoms. The van der Waals surface area contributed by atoms with Crippen LogP contribution in [0, 0.1) is 0 Å². The standard InChI is InChI=1S/C13H18N2O2/c16-13(17)15-12-8-4-7-11(12)14-9-10-5-2-1-3-6-10/h1-3,5-6,11-12,14-15H,4,7-9H2,(H,16,17)/t11-,12-/m1/s1. The molecule has 2 atom stereocenters. The van der Waals surface area contributed by atoms with Crippen molar-refractivity contribution in [1.82, 2.24) is 10.6 Å². The third kappa shape index (κ3) is 3.46. The first-order valence-corrected chi connectivity index (χ1v) is 6.02. The normalized spacial score (nSPS) is 23.5. The Labute approximate surface area is 101 Å². The van der Waals surface area contributed by atoms with Gasteiger partial charge in [0.2, 0.25) is 0 Å². The number of amides is 1. The molecule has 0 unspecified atom stereocenters. The van der Waals surface area contributed by atoms with Gasteiger partial charge in [-0.25, -0.2) is 4.79 Å². The third-order valence-electron chi connectivity index (χ3n) is 3.24. The fraction of sp³-hybridized carbons (Fsp3) is 0.462. The highest BCUT2D eigenvalue weighted by Gasteiger charge is 2.27. The summed E-state index contributed by atoms with van der Waals surface area (Å²) in [6.45, 7) is 0.795. The van der Waals surface area contributed by atoms with E-state index in [4.69, 9.17) is 5.11 Å². The minimum absolute atomic E-state index is 0.0520. The Morgan fingerprint density at radius 1 is 1.24 bits per heavy atom. The summed E-state index contributed by atoms with van der Waals surface area (Å²) in [6.07, 6.45) is 2.12. The van der Waals surface area contributed by atoms with Gasteiger partial charge in [0.1, 0.15) is 0 Å². The van der Waals surface area contributed by atoms with E-state index in [1.807, 2.05) is 18.2 Å². The highest BCUT2D eigenvalue weighted by molar-refractivity contribution is 5.65. The van der Waals surface area contributed by atoms with E-state index in [1.54, 1.807) is 0 Å². The van der Waals surface area contributed by atoms with Crippen LogP contribution in [0.2, 0.25) is 0 Å². The number of hydrogen-bond acceptors (Lipinski definition) is 2. The highest BCUT2D eigenvalue weighted by Crippen LogP contribution is 2.19. The van der Waals surface area contributed by atoms with Crippen molar-refractivity contribution < 1.29 is 9.90 Å². The van der Waals surface area contributed by atoms with E-state index in [1.165, 1.54) is 5.56 Å². The van der Waals surface area contributed by atoms with Gasteiger partial charge >= 0.3 is 6.09 Å². The molecular weight excluding hydrogens is 216 g/mol. The highest BCUT2D eigenvalue weighted by atomic mass is 16.4.